The zero-order valence-electron chi connectivity index (χ0n) is 9.02. The van der Waals surface area contributed by atoms with Crippen LogP contribution in [0.15, 0.2) is 11.6 Å². The molecule has 2 aliphatic rings. The van der Waals surface area contributed by atoms with Gasteiger partial charge in [-0.1, -0.05) is 0 Å². The third-order valence-electron chi connectivity index (χ3n) is 2.64. The molecule has 0 aliphatic carbocycles. The fourth-order valence-electron chi connectivity index (χ4n) is 1.70. The van der Waals surface area contributed by atoms with Crippen LogP contribution in [0.2, 0.25) is 0 Å². The van der Waals surface area contributed by atoms with Crippen molar-refractivity contribution in [1.82, 2.24) is 15.1 Å². The maximum absolute atomic E-state index is 11.9. The second-order valence-electron chi connectivity index (χ2n) is 3.75. The van der Waals surface area contributed by atoms with Gasteiger partial charge >= 0.3 is 0 Å². The second-order valence-corrected chi connectivity index (χ2v) is 4.64. The molecule has 0 aromatic rings. The first-order valence-corrected chi connectivity index (χ1v) is 6.38. The fourth-order valence-corrected chi connectivity index (χ4v) is 2.34. The van der Waals surface area contributed by atoms with Gasteiger partial charge in [-0.25, -0.2) is 0 Å². The highest BCUT2D eigenvalue weighted by Crippen LogP contribution is 2.12. The second kappa shape index (κ2) is 5.36. The highest BCUT2D eigenvalue weighted by atomic mass is 32.2. The number of nitrogens with zero attached hydrogens (tertiary/aromatic N) is 2. The van der Waals surface area contributed by atoms with Gasteiger partial charge in [0.2, 0.25) is 11.8 Å². The lowest BCUT2D eigenvalue weighted by molar-refractivity contribution is -0.137. The van der Waals surface area contributed by atoms with E-state index < -0.39 is 0 Å². The van der Waals surface area contributed by atoms with Gasteiger partial charge in [0.15, 0.2) is 0 Å². The lowest BCUT2D eigenvalue weighted by atomic mass is 10.3. The van der Waals surface area contributed by atoms with E-state index >= 15 is 0 Å². The van der Waals surface area contributed by atoms with Crippen molar-refractivity contribution in [3.05, 3.63) is 11.6 Å². The summed E-state index contributed by atoms with van der Waals surface area (Å²) in [6, 6.07) is 0. The Hall–Kier alpha value is -1.01. The van der Waals surface area contributed by atoms with E-state index in [9.17, 15) is 9.59 Å². The van der Waals surface area contributed by atoms with Gasteiger partial charge in [0.1, 0.15) is 6.54 Å². The van der Waals surface area contributed by atoms with Gasteiger partial charge < -0.3 is 15.1 Å². The number of carbonyl (C=O) groups is 2. The Kier molecular flexibility index (Phi) is 3.84. The molecular formula is C10H15N3O2S. The number of piperazine rings is 1. The Morgan fingerprint density at radius 2 is 2.19 bits per heavy atom. The molecule has 2 amide bonds. The standard InChI is InChI=1S/C10H15N3O2S/c14-9(12-3-1-11-2-4-12)7-13-5-6-16-8-10(13)15/h5-6,11H,1-4,7-8H2. The molecule has 1 fully saturated rings. The average Bonchev–Trinajstić information content (AvgIpc) is 2.33. The molecule has 0 atom stereocenters. The van der Waals surface area contributed by atoms with Gasteiger partial charge in [-0.15, -0.1) is 11.8 Å². The van der Waals surface area contributed by atoms with Gasteiger partial charge in [0.25, 0.3) is 0 Å². The van der Waals surface area contributed by atoms with Crippen molar-refractivity contribution in [2.75, 3.05) is 38.5 Å². The van der Waals surface area contributed by atoms with E-state index in [2.05, 4.69) is 5.32 Å². The highest BCUT2D eigenvalue weighted by Gasteiger charge is 2.22. The molecule has 16 heavy (non-hydrogen) atoms. The monoisotopic (exact) mass is 241 g/mol. The summed E-state index contributed by atoms with van der Waals surface area (Å²) in [6.45, 7) is 3.32. The molecule has 0 bridgehead atoms. The van der Waals surface area contributed by atoms with Crippen LogP contribution in [0, 0.1) is 0 Å². The van der Waals surface area contributed by atoms with Crippen molar-refractivity contribution in [2.24, 2.45) is 0 Å². The number of thioether (sulfide) groups is 1. The van der Waals surface area contributed by atoms with Gasteiger partial charge in [-0.2, -0.15) is 0 Å². The van der Waals surface area contributed by atoms with E-state index in [-0.39, 0.29) is 18.4 Å². The number of amides is 2. The van der Waals surface area contributed by atoms with Crippen LogP contribution in [0.1, 0.15) is 0 Å². The van der Waals surface area contributed by atoms with Crippen molar-refractivity contribution < 1.29 is 9.59 Å². The van der Waals surface area contributed by atoms with E-state index in [4.69, 9.17) is 0 Å². The SMILES string of the molecule is O=C1CSC=CN1CC(=O)N1CCNCC1. The van der Waals surface area contributed by atoms with Crippen molar-refractivity contribution in [3.8, 4) is 0 Å². The molecule has 0 aromatic heterocycles. The zero-order chi connectivity index (χ0) is 11.4. The minimum Gasteiger partial charge on any atom is -0.339 e. The molecule has 0 radical (unpaired) electrons. The van der Waals surface area contributed by atoms with E-state index in [0.717, 1.165) is 26.2 Å². The van der Waals surface area contributed by atoms with Crippen LogP contribution in [-0.2, 0) is 9.59 Å². The topological polar surface area (TPSA) is 52.7 Å². The highest BCUT2D eigenvalue weighted by molar-refractivity contribution is 8.02. The summed E-state index contributed by atoms with van der Waals surface area (Å²) in [5.41, 5.74) is 0. The molecular weight excluding hydrogens is 226 g/mol. The van der Waals surface area contributed by atoms with Crippen LogP contribution < -0.4 is 5.32 Å². The lowest BCUT2D eigenvalue weighted by Gasteiger charge is -2.30. The largest absolute Gasteiger partial charge is 0.339 e. The van der Waals surface area contributed by atoms with Crippen LogP contribution in [0.3, 0.4) is 0 Å². The summed E-state index contributed by atoms with van der Waals surface area (Å²) in [5.74, 6) is 0.480. The summed E-state index contributed by atoms with van der Waals surface area (Å²) in [4.78, 5) is 26.7. The Morgan fingerprint density at radius 1 is 1.44 bits per heavy atom. The van der Waals surface area contributed by atoms with Crippen molar-refractivity contribution in [1.29, 1.82) is 0 Å². The van der Waals surface area contributed by atoms with E-state index in [1.165, 1.54) is 16.7 Å². The lowest BCUT2D eigenvalue weighted by Crippen LogP contribution is -2.50. The van der Waals surface area contributed by atoms with Crippen LogP contribution in [0.5, 0.6) is 0 Å². The molecule has 5 nitrogen and oxygen atoms in total. The summed E-state index contributed by atoms with van der Waals surface area (Å²) in [7, 11) is 0. The fraction of sp³-hybridized carbons (Fsp3) is 0.600. The molecule has 88 valence electrons. The first kappa shape index (κ1) is 11.5. The Morgan fingerprint density at radius 3 is 2.88 bits per heavy atom. The van der Waals surface area contributed by atoms with Crippen molar-refractivity contribution >= 4 is 23.6 Å². The first-order valence-electron chi connectivity index (χ1n) is 5.33. The molecule has 2 heterocycles. The quantitative estimate of drug-likeness (QED) is 0.706. The van der Waals surface area contributed by atoms with Crippen LogP contribution in [0.25, 0.3) is 0 Å². The molecule has 0 spiro atoms. The third kappa shape index (κ3) is 2.76. The average molecular weight is 241 g/mol. The van der Waals surface area contributed by atoms with Crippen molar-refractivity contribution in [3.63, 3.8) is 0 Å². The maximum atomic E-state index is 11.9. The Bertz CT molecular complexity index is 313. The smallest absolute Gasteiger partial charge is 0.242 e. The minimum absolute atomic E-state index is 0.0102. The number of nitrogens with one attached hydrogen (secondary N) is 1. The number of hydrogen-bond acceptors (Lipinski definition) is 4. The molecule has 1 saturated heterocycles. The molecule has 2 rings (SSSR count). The van der Waals surface area contributed by atoms with Gasteiger partial charge in [-0.05, 0) is 5.41 Å². The summed E-state index contributed by atoms with van der Waals surface area (Å²) in [5, 5.41) is 5.04. The Labute approximate surface area is 98.8 Å². The summed E-state index contributed by atoms with van der Waals surface area (Å²) >= 11 is 1.46. The summed E-state index contributed by atoms with van der Waals surface area (Å²) in [6.07, 6.45) is 1.69. The minimum atomic E-state index is 0.0102. The predicted molar refractivity (Wildman–Crippen MR) is 62.8 cm³/mol. The molecule has 6 heteroatoms. The van der Waals surface area contributed by atoms with Crippen LogP contribution in [-0.4, -0.2) is 60.1 Å². The Balaban J connectivity index is 1.88. The number of rotatable bonds is 2. The normalized spacial score (nSPS) is 21.4. The van der Waals surface area contributed by atoms with E-state index in [0.29, 0.717) is 5.75 Å². The molecule has 0 aromatic carbocycles. The zero-order valence-corrected chi connectivity index (χ0v) is 9.83. The molecule has 1 N–H and O–H groups in total. The number of carbonyl (C=O) groups excluding carboxylic acids is 2. The maximum Gasteiger partial charge on any atom is 0.242 e. The molecule has 0 unspecified atom stereocenters. The van der Waals surface area contributed by atoms with Gasteiger partial charge in [-0.3, -0.25) is 9.59 Å². The predicted octanol–water partition coefficient (Wildman–Crippen LogP) is -0.535. The van der Waals surface area contributed by atoms with E-state index in [1.54, 1.807) is 11.1 Å². The van der Waals surface area contributed by atoms with Gasteiger partial charge in [0.05, 0.1) is 5.75 Å². The number of hydrogen-bond donors (Lipinski definition) is 1. The third-order valence-corrected chi connectivity index (χ3v) is 3.37. The van der Waals surface area contributed by atoms with Crippen LogP contribution in [0.4, 0.5) is 0 Å². The van der Waals surface area contributed by atoms with Gasteiger partial charge in [0, 0.05) is 32.4 Å². The molecule has 0 saturated carbocycles. The van der Waals surface area contributed by atoms with E-state index in [1.807, 2.05) is 5.41 Å². The van der Waals surface area contributed by atoms with Crippen LogP contribution >= 0.6 is 11.8 Å². The van der Waals surface area contributed by atoms with Crippen molar-refractivity contribution in [2.45, 2.75) is 0 Å². The first-order chi connectivity index (χ1) is 7.77. The summed E-state index contributed by atoms with van der Waals surface area (Å²) < 4.78 is 0. The molecule has 2 aliphatic heterocycles.